The number of rotatable bonds is 9. The van der Waals surface area contributed by atoms with Crippen molar-refractivity contribution < 1.29 is 33.9 Å². The van der Waals surface area contributed by atoms with Gasteiger partial charge in [-0.2, -0.15) is 0 Å². The molecule has 0 radical (unpaired) electrons. The lowest BCUT2D eigenvalue weighted by molar-refractivity contribution is -0.140. The summed E-state index contributed by atoms with van der Waals surface area (Å²) in [7, 11) is 0. The van der Waals surface area contributed by atoms with Gasteiger partial charge in [0.1, 0.15) is 12.3 Å². The molecule has 0 bridgehead atoms. The molecule has 32 heavy (non-hydrogen) atoms. The van der Waals surface area contributed by atoms with Gasteiger partial charge in [-0.3, -0.25) is 24.0 Å². The molecule has 0 unspecified atom stereocenters. The number of aliphatic carboxylic acids is 1. The van der Waals surface area contributed by atoms with Gasteiger partial charge in [-0.15, -0.1) is 0 Å². The topological polar surface area (TPSA) is 162 Å². The van der Waals surface area contributed by atoms with Crippen molar-refractivity contribution in [1.82, 2.24) is 15.5 Å². The molecule has 1 saturated heterocycles. The lowest BCUT2D eigenvalue weighted by Gasteiger charge is -2.25. The molecular weight excluding hydrogens is 444 g/mol. The summed E-state index contributed by atoms with van der Waals surface area (Å²) in [6, 6.07) is 2.41. The van der Waals surface area contributed by atoms with E-state index < -0.39 is 48.7 Å². The number of carbonyl (C=O) groups excluding carboxylic acids is 5. The summed E-state index contributed by atoms with van der Waals surface area (Å²) in [6.45, 7) is 1.16. The van der Waals surface area contributed by atoms with Crippen LogP contribution in [0.1, 0.15) is 36.5 Å². The van der Waals surface area contributed by atoms with Crippen LogP contribution in [0.15, 0.2) is 18.2 Å². The molecule has 2 atom stereocenters. The highest BCUT2D eigenvalue weighted by Crippen LogP contribution is 2.26. The smallest absolute Gasteiger partial charge is 0.305 e. The second kappa shape index (κ2) is 11.2. The van der Waals surface area contributed by atoms with Crippen LogP contribution in [0, 0.1) is 0 Å². The van der Waals surface area contributed by atoms with Crippen LogP contribution in [0.3, 0.4) is 0 Å². The number of amides is 4. The van der Waals surface area contributed by atoms with Crippen LogP contribution in [-0.4, -0.2) is 71.1 Å². The second-order valence-electron chi connectivity index (χ2n) is 7.13. The number of anilines is 1. The first-order valence-corrected chi connectivity index (χ1v) is 10.1. The maximum atomic E-state index is 12.6. The van der Waals surface area contributed by atoms with Gasteiger partial charge in [0.15, 0.2) is 0 Å². The maximum absolute atomic E-state index is 12.6. The lowest BCUT2D eigenvalue weighted by atomic mass is 10.1. The van der Waals surface area contributed by atoms with Gasteiger partial charge in [0.05, 0.1) is 35.3 Å². The standard InChI is InChI=1S/C20H23ClN4O7/c1-11(27)23-14-5-2-4-13(18(14)21)19(31)22-9-16(28)25-7-3-6-15(25)20(32)24-12(10-26)8-17(29)30/h2,4-5,10,12,15H,3,6-9H2,1H3,(H,22,31)(H,23,27)(H,24,32)(H,29,30)/t12-,15-/m0/s1. The van der Waals surface area contributed by atoms with Crippen LogP contribution >= 0.6 is 11.6 Å². The zero-order valence-electron chi connectivity index (χ0n) is 17.2. The van der Waals surface area contributed by atoms with Crippen molar-refractivity contribution >= 4 is 53.2 Å². The minimum absolute atomic E-state index is 0.0180. The molecule has 12 heteroatoms. The monoisotopic (exact) mass is 466 g/mol. The van der Waals surface area contributed by atoms with Crippen LogP contribution in [0.2, 0.25) is 5.02 Å². The summed E-state index contributed by atoms with van der Waals surface area (Å²) < 4.78 is 0. The van der Waals surface area contributed by atoms with Crippen LogP contribution < -0.4 is 16.0 Å². The third-order valence-corrected chi connectivity index (χ3v) is 5.12. The van der Waals surface area contributed by atoms with Gasteiger partial charge in [-0.25, -0.2) is 0 Å². The van der Waals surface area contributed by atoms with Gasteiger partial charge in [-0.05, 0) is 25.0 Å². The predicted molar refractivity (Wildman–Crippen MR) is 113 cm³/mol. The molecule has 0 spiro atoms. The molecule has 172 valence electrons. The average Bonchev–Trinajstić information content (AvgIpc) is 3.22. The van der Waals surface area contributed by atoms with Gasteiger partial charge < -0.3 is 30.8 Å². The second-order valence-corrected chi connectivity index (χ2v) is 7.50. The van der Waals surface area contributed by atoms with E-state index in [9.17, 15) is 28.8 Å². The molecule has 0 aliphatic carbocycles. The fourth-order valence-corrected chi connectivity index (χ4v) is 3.54. The predicted octanol–water partition coefficient (Wildman–Crippen LogP) is 0.178. The number of nitrogens with one attached hydrogen (secondary N) is 3. The Morgan fingerprint density at radius 1 is 1.28 bits per heavy atom. The van der Waals surface area contributed by atoms with Crippen LogP contribution in [0.4, 0.5) is 5.69 Å². The Kier molecular flexibility index (Phi) is 8.71. The first kappa shape index (κ1) is 24.8. The van der Waals surface area contributed by atoms with Gasteiger partial charge in [0.2, 0.25) is 17.7 Å². The van der Waals surface area contributed by atoms with E-state index in [0.29, 0.717) is 19.1 Å². The number of benzene rings is 1. The molecule has 1 aromatic carbocycles. The van der Waals surface area contributed by atoms with E-state index in [1.807, 2.05) is 0 Å². The van der Waals surface area contributed by atoms with Crippen LogP contribution in [0.5, 0.6) is 0 Å². The molecule has 0 aromatic heterocycles. The molecule has 0 saturated carbocycles. The largest absolute Gasteiger partial charge is 0.481 e. The molecule has 4 N–H and O–H groups in total. The van der Waals surface area contributed by atoms with Gasteiger partial charge in [-0.1, -0.05) is 17.7 Å². The molecule has 11 nitrogen and oxygen atoms in total. The molecule has 1 aliphatic rings. The molecule has 1 aliphatic heterocycles. The summed E-state index contributed by atoms with van der Waals surface area (Å²) >= 11 is 6.16. The first-order valence-electron chi connectivity index (χ1n) is 9.75. The van der Waals surface area contributed by atoms with Crippen molar-refractivity contribution in [3.63, 3.8) is 0 Å². The lowest BCUT2D eigenvalue weighted by Crippen LogP contribution is -2.51. The highest BCUT2D eigenvalue weighted by Gasteiger charge is 2.35. The number of nitrogens with zero attached hydrogens (tertiary/aromatic N) is 1. The van der Waals surface area contributed by atoms with E-state index in [-0.39, 0.29) is 28.7 Å². The fraction of sp³-hybridized carbons (Fsp3) is 0.400. The van der Waals surface area contributed by atoms with E-state index in [1.165, 1.54) is 30.0 Å². The zero-order valence-corrected chi connectivity index (χ0v) is 18.0. The summed E-state index contributed by atoms with van der Waals surface area (Å²) in [5.74, 6) is -3.40. The van der Waals surface area contributed by atoms with E-state index in [0.717, 1.165) is 0 Å². The molecule has 1 fully saturated rings. The molecule has 1 aromatic rings. The number of hydrogen-bond acceptors (Lipinski definition) is 6. The highest BCUT2D eigenvalue weighted by molar-refractivity contribution is 6.36. The molecule has 2 rings (SSSR count). The Morgan fingerprint density at radius 2 is 2.00 bits per heavy atom. The fourth-order valence-electron chi connectivity index (χ4n) is 3.28. The summed E-state index contributed by atoms with van der Waals surface area (Å²) in [5.41, 5.74) is 0.310. The van der Waals surface area contributed by atoms with Crippen LogP contribution in [-0.2, 0) is 24.0 Å². The van der Waals surface area contributed by atoms with Crippen LogP contribution in [0.25, 0.3) is 0 Å². The molecule has 4 amide bonds. The Hall–Kier alpha value is -3.47. The van der Waals surface area contributed by atoms with Crippen molar-refractivity contribution in [2.24, 2.45) is 0 Å². The summed E-state index contributed by atoms with van der Waals surface area (Å²) in [5, 5.41) is 16.1. The van der Waals surface area contributed by atoms with E-state index in [1.54, 1.807) is 0 Å². The summed E-state index contributed by atoms with van der Waals surface area (Å²) in [6.07, 6.45) is 0.637. The number of aldehydes is 1. The molecular formula is C20H23ClN4O7. The maximum Gasteiger partial charge on any atom is 0.305 e. The van der Waals surface area contributed by atoms with Gasteiger partial charge in [0.25, 0.3) is 5.91 Å². The number of likely N-dealkylation sites (tertiary alicyclic amines) is 1. The molecule has 1 heterocycles. The summed E-state index contributed by atoms with van der Waals surface area (Å²) in [4.78, 5) is 71.8. The Balaban J connectivity index is 1.99. The normalized spacial score (nSPS) is 16.1. The van der Waals surface area contributed by atoms with Gasteiger partial charge >= 0.3 is 5.97 Å². The number of hydrogen-bond donors (Lipinski definition) is 4. The Labute approximate surface area is 188 Å². The zero-order chi connectivity index (χ0) is 23.8. The van der Waals surface area contributed by atoms with Crippen molar-refractivity contribution in [2.45, 2.75) is 38.3 Å². The average molecular weight is 467 g/mol. The number of halogens is 1. The third-order valence-electron chi connectivity index (χ3n) is 4.72. The minimum Gasteiger partial charge on any atom is -0.481 e. The third kappa shape index (κ3) is 6.51. The SMILES string of the molecule is CC(=O)Nc1cccc(C(=O)NCC(=O)N2CCC[C@H]2C(=O)N[C@H](C=O)CC(=O)O)c1Cl. The van der Waals surface area contributed by atoms with E-state index in [4.69, 9.17) is 16.7 Å². The first-order chi connectivity index (χ1) is 15.1. The number of carboxylic acid groups (broad SMARTS) is 1. The van der Waals surface area contributed by atoms with E-state index >= 15 is 0 Å². The minimum atomic E-state index is -1.24. The Bertz CT molecular complexity index is 937. The van der Waals surface area contributed by atoms with Crippen molar-refractivity contribution in [3.05, 3.63) is 28.8 Å². The number of carboxylic acids is 1. The van der Waals surface area contributed by atoms with Gasteiger partial charge in [0, 0.05) is 13.5 Å². The quantitative estimate of drug-likeness (QED) is 0.377. The Morgan fingerprint density at radius 3 is 2.62 bits per heavy atom. The van der Waals surface area contributed by atoms with Crippen molar-refractivity contribution in [1.29, 1.82) is 0 Å². The van der Waals surface area contributed by atoms with Crippen molar-refractivity contribution in [2.75, 3.05) is 18.4 Å². The number of carbonyl (C=O) groups is 6. The highest BCUT2D eigenvalue weighted by atomic mass is 35.5. The van der Waals surface area contributed by atoms with Crippen molar-refractivity contribution in [3.8, 4) is 0 Å². The van der Waals surface area contributed by atoms with E-state index in [2.05, 4.69) is 16.0 Å².